The monoisotopic (exact) mass is 297 g/mol. The van der Waals surface area contributed by atoms with Crippen LogP contribution in [0.15, 0.2) is 18.2 Å². The topological polar surface area (TPSA) is 116 Å². The molecule has 0 aliphatic rings. The number of esters is 1. The summed E-state index contributed by atoms with van der Waals surface area (Å²) in [6, 6.07) is 3.33. The van der Waals surface area contributed by atoms with Gasteiger partial charge in [0.2, 0.25) is 0 Å². The van der Waals surface area contributed by atoms with Gasteiger partial charge in [0.05, 0.1) is 23.0 Å². The van der Waals surface area contributed by atoms with E-state index in [-0.39, 0.29) is 17.9 Å². The molecule has 0 spiro atoms. The van der Waals surface area contributed by atoms with E-state index in [0.717, 1.165) is 6.07 Å². The first-order valence-corrected chi connectivity index (χ1v) is 6.15. The van der Waals surface area contributed by atoms with Crippen LogP contribution in [0.4, 0.5) is 17.1 Å². The molecule has 114 valence electrons. The predicted molar refractivity (Wildman–Crippen MR) is 74.3 cm³/mol. The van der Waals surface area contributed by atoms with Crippen LogP contribution in [0.3, 0.4) is 0 Å². The van der Waals surface area contributed by atoms with Gasteiger partial charge in [0.15, 0.2) is 0 Å². The lowest BCUT2D eigenvalue weighted by Crippen LogP contribution is -2.31. The van der Waals surface area contributed by atoms with Gasteiger partial charge in [0.25, 0.3) is 11.4 Å². The number of rotatable bonds is 7. The molecule has 0 aliphatic carbocycles. The Labute approximate surface area is 120 Å². The standard InChI is InChI=1S/C12H15N3O6/c1-3-6-13(8-12(16)21-2)10-5-4-9(14(17)18)7-11(10)15(19)20/h4-5,7H,3,6,8H2,1-2H3. The molecule has 1 aromatic rings. The third-order valence-corrected chi connectivity index (χ3v) is 2.75. The van der Waals surface area contributed by atoms with Gasteiger partial charge in [0, 0.05) is 12.6 Å². The zero-order chi connectivity index (χ0) is 16.0. The first-order chi connectivity index (χ1) is 9.90. The fourth-order valence-electron chi connectivity index (χ4n) is 1.81. The third kappa shape index (κ3) is 4.13. The Morgan fingerprint density at radius 1 is 1.29 bits per heavy atom. The Balaban J connectivity index is 3.26. The molecule has 0 N–H and O–H groups in total. The number of nitrogens with zero attached hydrogens (tertiary/aromatic N) is 3. The molecule has 9 nitrogen and oxygen atoms in total. The fraction of sp³-hybridized carbons (Fsp3) is 0.417. The molecular formula is C12H15N3O6. The van der Waals surface area contributed by atoms with Gasteiger partial charge in [-0.25, -0.2) is 0 Å². The average Bonchev–Trinajstić information content (AvgIpc) is 2.45. The van der Waals surface area contributed by atoms with Crippen LogP contribution in [0.5, 0.6) is 0 Å². The van der Waals surface area contributed by atoms with Crippen molar-refractivity contribution in [3.8, 4) is 0 Å². The quantitative estimate of drug-likeness (QED) is 0.428. The van der Waals surface area contributed by atoms with Crippen molar-refractivity contribution in [2.45, 2.75) is 13.3 Å². The molecule has 0 unspecified atom stereocenters. The highest BCUT2D eigenvalue weighted by atomic mass is 16.6. The Morgan fingerprint density at radius 2 is 1.95 bits per heavy atom. The van der Waals surface area contributed by atoms with Gasteiger partial charge in [0.1, 0.15) is 12.2 Å². The predicted octanol–water partition coefficient (Wildman–Crippen LogP) is 1.89. The molecule has 1 rings (SSSR count). The van der Waals surface area contributed by atoms with Crippen LogP contribution in [-0.2, 0) is 9.53 Å². The first-order valence-electron chi connectivity index (χ1n) is 6.15. The van der Waals surface area contributed by atoms with Crippen molar-refractivity contribution in [1.29, 1.82) is 0 Å². The summed E-state index contributed by atoms with van der Waals surface area (Å²) >= 11 is 0. The number of nitro benzene ring substituents is 2. The molecule has 0 aliphatic heterocycles. The van der Waals surface area contributed by atoms with Crippen LogP contribution in [-0.4, -0.2) is 36.0 Å². The van der Waals surface area contributed by atoms with Crippen molar-refractivity contribution in [2.24, 2.45) is 0 Å². The normalized spacial score (nSPS) is 10.0. The lowest BCUT2D eigenvalue weighted by molar-refractivity contribution is -0.393. The molecule has 21 heavy (non-hydrogen) atoms. The maximum atomic E-state index is 11.4. The van der Waals surface area contributed by atoms with E-state index in [9.17, 15) is 25.0 Å². The van der Waals surface area contributed by atoms with Gasteiger partial charge in [-0.05, 0) is 12.5 Å². The number of carbonyl (C=O) groups is 1. The smallest absolute Gasteiger partial charge is 0.325 e. The number of non-ortho nitro benzene ring substituents is 1. The van der Waals surface area contributed by atoms with Crippen molar-refractivity contribution >= 4 is 23.0 Å². The van der Waals surface area contributed by atoms with E-state index in [2.05, 4.69) is 4.74 Å². The SMILES string of the molecule is CCCN(CC(=O)OC)c1ccc([N+](=O)[O-])cc1[N+](=O)[O-]. The molecule has 1 aromatic carbocycles. The number of ether oxygens (including phenoxy) is 1. The summed E-state index contributed by atoms with van der Waals surface area (Å²) in [7, 11) is 1.22. The Morgan fingerprint density at radius 3 is 2.43 bits per heavy atom. The summed E-state index contributed by atoms with van der Waals surface area (Å²) in [5, 5.41) is 21.8. The number of nitro groups is 2. The molecular weight excluding hydrogens is 282 g/mol. The molecule has 0 aromatic heterocycles. The largest absolute Gasteiger partial charge is 0.468 e. The highest BCUT2D eigenvalue weighted by Crippen LogP contribution is 2.32. The summed E-state index contributed by atoms with van der Waals surface area (Å²) in [6.45, 7) is 2.07. The molecule has 0 heterocycles. The number of carbonyl (C=O) groups excluding carboxylic acids is 1. The maximum absolute atomic E-state index is 11.4. The lowest BCUT2D eigenvalue weighted by Gasteiger charge is -2.22. The van der Waals surface area contributed by atoms with Gasteiger partial charge in [-0.3, -0.25) is 25.0 Å². The molecule has 0 bridgehead atoms. The number of benzene rings is 1. The first kappa shape index (κ1) is 16.3. The van der Waals surface area contributed by atoms with Gasteiger partial charge in [-0.2, -0.15) is 0 Å². The summed E-state index contributed by atoms with van der Waals surface area (Å²) in [5.41, 5.74) is -0.639. The molecule has 0 amide bonds. The number of hydrogen-bond donors (Lipinski definition) is 0. The minimum atomic E-state index is -0.707. The van der Waals surface area contributed by atoms with Crippen LogP contribution in [0.25, 0.3) is 0 Å². The maximum Gasteiger partial charge on any atom is 0.325 e. The summed E-state index contributed by atoms with van der Waals surface area (Å²) in [4.78, 5) is 33.2. The van der Waals surface area contributed by atoms with E-state index in [1.165, 1.54) is 24.1 Å². The Bertz CT molecular complexity index is 560. The van der Waals surface area contributed by atoms with Crippen LogP contribution in [0.1, 0.15) is 13.3 Å². The number of anilines is 1. The van der Waals surface area contributed by atoms with E-state index in [0.29, 0.717) is 13.0 Å². The minimum Gasteiger partial charge on any atom is -0.468 e. The highest BCUT2D eigenvalue weighted by molar-refractivity contribution is 5.78. The summed E-state index contributed by atoms with van der Waals surface area (Å²) < 4.78 is 4.55. The zero-order valence-corrected chi connectivity index (χ0v) is 11.6. The van der Waals surface area contributed by atoms with Crippen LogP contribution >= 0.6 is 0 Å². The van der Waals surface area contributed by atoms with Crippen molar-refractivity contribution in [1.82, 2.24) is 0 Å². The second-order valence-corrected chi connectivity index (χ2v) is 4.18. The van der Waals surface area contributed by atoms with Crippen molar-refractivity contribution < 1.29 is 19.4 Å². The van der Waals surface area contributed by atoms with E-state index >= 15 is 0 Å². The Kier molecular flexibility index (Phi) is 5.58. The van der Waals surface area contributed by atoms with Crippen molar-refractivity contribution in [3.05, 3.63) is 38.4 Å². The Hall–Kier alpha value is -2.71. The second kappa shape index (κ2) is 7.17. The molecule has 0 saturated carbocycles. The molecule has 0 fully saturated rings. The highest BCUT2D eigenvalue weighted by Gasteiger charge is 2.24. The van der Waals surface area contributed by atoms with Gasteiger partial charge in [-0.15, -0.1) is 0 Å². The van der Waals surface area contributed by atoms with Crippen molar-refractivity contribution in [3.63, 3.8) is 0 Å². The van der Waals surface area contributed by atoms with Crippen LogP contribution < -0.4 is 4.90 Å². The van der Waals surface area contributed by atoms with Crippen LogP contribution in [0.2, 0.25) is 0 Å². The minimum absolute atomic E-state index is 0.151. The second-order valence-electron chi connectivity index (χ2n) is 4.18. The van der Waals surface area contributed by atoms with Crippen molar-refractivity contribution in [2.75, 3.05) is 25.1 Å². The summed E-state index contributed by atoms with van der Waals surface area (Å²) in [5.74, 6) is -0.545. The average molecular weight is 297 g/mol. The van der Waals surface area contributed by atoms with Gasteiger partial charge in [-0.1, -0.05) is 6.92 Å². The lowest BCUT2D eigenvalue weighted by atomic mass is 10.2. The zero-order valence-electron chi connectivity index (χ0n) is 11.6. The third-order valence-electron chi connectivity index (χ3n) is 2.75. The van der Waals surface area contributed by atoms with E-state index in [1.54, 1.807) is 0 Å². The summed E-state index contributed by atoms with van der Waals surface area (Å²) in [6.07, 6.45) is 0.644. The molecule has 0 radical (unpaired) electrons. The van der Waals surface area contributed by atoms with E-state index in [1.807, 2.05) is 6.92 Å². The van der Waals surface area contributed by atoms with E-state index < -0.39 is 21.5 Å². The number of methoxy groups -OCH3 is 1. The van der Waals surface area contributed by atoms with Crippen LogP contribution in [0, 0.1) is 20.2 Å². The van der Waals surface area contributed by atoms with E-state index in [4.69, 9.17) is 0 Å². The van der Waals surface area contributed by atoms with Gasteiger partial charge >= 0.3 is 5.97 Å². The number of hydrogen-bond acceptors (Lipinski definition) is 7. The molecule has 0 atom stereocenters. The fourth-order valence-corrected chi connectivity index (χ4v) is 1.81. The molecule has 9 heteroatoms. The molecule has 0 saturated heterocycles. The van der Waals surface area contributed by atoms with Gasteiger partial charge < -0.3 is 9.64 Å².